The quantitative estimate of drug-likeness (QED) is 0.827. The standard InChI is InChI=1S/C13H23ClN4O2S/c1-10(2)9-17-4-6-18(7-5-17)21(19,20)13-11(3)15-16-12(13)8-14/h10H,4-9H2,1-3H3,(H,15,16). The molecule has 1 N–H and O–H groups in total. The van der Waals surface area contributed by atoms with Crippen LogP contribution >= 0.6 is 11.6 Å². The molecule has 1 aromatic rings. The van der Waals surface area contributed by atoms with E-state index < -0.39 is 10.0 Å². The van der Waals surface area contributed by atoms with Gasteiger partial charge in [0.2, 0.25) is 10.0 Å². The molecule has 1 aromatic heterocycles. The molecule has 0 bridgehead atoms. The van der Waals surface area contributed by atoms with E-state index in [9.17, 15) is 8.42 Å². The van der Waals surface area contributed by atoms with Crippen molar-refractivity contribution in [3.8, 4) is 0 Å². The van der Waals surface area contributed by atoms with E-state index in [0.717, 1.165) is 19.6 Å². The highest BCUT2D eigenvalue weighted by Crippen LogP contribution is 2.24. The Labute approximate surface area is 131 Å². The van der Waals surface area contributed by atoms with Crippen LogP contribution in [0.15, 0.2) is 4.90 Å². The summed E-state index contributed by atoms with van der Waals surface area (Å²) < 4.78 is 27.1. The number of rotatable bonds is 5. The minimum absolute atomic E-state index is 0.0895. The molecule has 0 aliphatic carbocycles. The maximum absolute atomic E-state index is 12.8. The lowest BCUT2D eigenvalue weighted by atomic mass is 10.2. The third-order valence-electron chi connectivity index (χ3n) is 3.64. The summed E-state index contributed by atoms with van der Waals surface area (Å²) in [6.07, 6.45) is 0. The molecular weight excluding hydrogens is 312 g/mol. The topological polar surface area (TPSA) is 69.3 Å². The highest BCUT2D eigenvalue weighted by atomic mass is 35.5. The monoisotopic (exact) mass is 334 g/mol. The van der Waals surface area contributed by atoms with Crippen molar-refractivity contribution in [2.75, 3.05) is 32.7 Å². The number of nitrogens with zero attached hydrogens (tertiary/aromatic N) is 3. The first-order chi connectivity index (χ1) is 9.86. The number of aromatic amines is 1. The normalized spacial score (nSPS) is 18.5. The molecule has 1 aliphatic heterocycles. The van der Waals surface area contributed by atoms with E-state index in [1.54, 1.807) is 6.92 Å². The molecule has 2 heterocycles. The SMILES string of the molecule is Cc1[nH]nc(CCl)c1S(=O)(=O)N1CCN(CC(C)C)CC1. The molecule has 8 heteroatoms. The first kappa shape index (κ1) is 16.7. The van der Waals surface area contributed by atoms with Crippen molar-refractivity contribution >= 4 is 21.6 Å². The van der Waals surface area contributed by atoms with Crippen LogP contribution in [0.3, 0.4) is 0 Å². The molecule has 1 aliphatic rings. The number of piperazine rings is 1. The van der Waals surface area contributed by atoms with E-state index in [1.807, 2.05) is 0 Å². The van der Waals surface area contributed by atoms with Crippen LogP contribution in [0.25, 0.3) is 0 Å². The molecule has 120 valence electrons. The molecule has 0 amide bonds. The lowest BCUT2D eigenvalue weighted by Crippen LogP contribution is -2.49. The first-order valence-corrected chi connectivity index (χ1v) is 9.16. The van der Waals surface area contributed by atoms with Crippen LogP contribution in [0.4, 0.5) is 0 Å². The van der Waals surface area contributed by atoms with Gasteiger partial charge in [0.1, 0.15) is 4.90 Å². The molecule has 6 nitrogen and oxygen atoms in total. The van der Waals surface area contributed by atoms with Gasteiger partial charge in [-0.2, -0.15) is 9.40 Å². The molecule has 1 saturated heterocycles. The first-order valence-electron chi connectivity index (χ1n) is 7.18. The number of H-pyrrole nitrogens is 1. The average Bonchev–Trinajstić information content (AvgIpc) is 2.80. The van der Waals surface area contributed by atoms with Gasteiger partial charge in [-0.25, -0.2) is 8.42 Å². The Hall–Kier alpha value is -0.630. The fraction of sp³-hybridized carbons (Fsp3) is 0.769. The van der Waals surface area contributed by atoms with Gasteiger partial charge >= 0.3 is 0 Å². The van der Waals surface area contributed by atoms with E-state index >= 15 is 0 Å². The number of aromatic nitrogens is 2. The molecule has 0 radical (unpaired) electrons. The average molecular weight is 335 g/mol. The van der Waals surface area contributed by atoms with Gasteiger partial charge in [0.15, 0.2) is 0 Å². The summed E-state index contributed by atoms with van der Waals surface area (Å²) in [5.41, 5.74) is 0.953. The minimum atomic E-state index is -3.52. The summed E-state index contributed by atoms with van der Waals surface area (Å²) in [7, 11) is -3.52. The summed E-state index contributed by atoms with van der Waals surface area (Å²) in [5, 5.41) is 6.69. The van der Waals surface area contributed by atoms with E-state index in [2.05, 4.69) is 28.9 Å². The van der Waals surface area contributed by atoms with Crippen molar-refractivity contribution in [2.24, 2.45) is 5.92 Å². The molecular formula is C13H23ClN4O2S. The third kappa shape index (κ3) is 3.59. The van der Waals surface area contributed by atoms with Crippen LogP contribution in [-0.4, -0.2) is 60.5 Å². The van der Waals surface area contributed by atoms with E-state index in [1.165, 1.54) is 4.31 Å². The predicted molar refractivity (Wildman–Crippen MR) is 82.9 cm³/mol. The van der Waals surface area contributed by atoms with Crippen LogP contribution < -0.4 is 0 Å². The molecule has 0 spiro atoms. The summed E-state index contributed by atoms with van der Waals surface area (Å²) in [4.78, 5) is 2.55. The van der Waals surface area contributed by atoms with Crippen molar-refractivity contribution in [1.82, 2.24) is 19.4 Å². The fourth-order valence-electron chi connectivity index (χ4n) is 2.70. The zero-order chi connectivity index (χ0) is 15.6. The highest BCUT2D eigenvalue weighted by Gasteiger charge is 2.32. The second kappa shape index (κ2) is 6.64. The second-order valence-electron chi connectivity index (χ2n) is 5.86. The van der Waals surface area contributed by atoms with E-state index in [-0.39, 0.29) is 10.8 Å². The van der Waals surface area contributed by atoms with Crippen LogP contribution in [0.2, 0.25) is 0 Å². The molecule has 1 fully saturated rings. The number of nitrogens with one attached hydrogen (secondary N) is 1. The van der Waals surface area contributed by atoms with Gasteiger partial charge in [-0.3, -0.25) is 5.10 Å². The van der Waals surface area contributed by atoms with Crippen LogP contribution in [0.1, 0.15) is 25.2 Å². The Morgan fingerprint density at radius 1 is 1.29 bits per heavy atom. The van der Waals surface area contributed by atoms with Gasteiger partial charge in [-0.15, -0.1) is 11.6 Å². The van der Waals surface area contributed by atoms with Crippen molar-refractivity contribution in [3.63, 3.8) is 0 Å². The summed E-state index contributed by atoms with van der Waals surface area (Å²) >= 11 is 5.80. The molecule has 0 unspecified atom stereocenters. The van der Waals surface area contributed by atoms with Crippen LogP contribution in [0.5, 0.6) is 0 Å². The van der Waals surface area contributed by atoms with Gasteiger partial charge in [0.25, 0.3) is 0 Å². The molecule has 0 atom stereocenters. The Morgan fingerprint density at radius 2 is 1.90 bits per heavy atom. The Kier molecular flexibility index (Phi) is 5.29. The number of hydrogen-bond acceptors (Lipinski definition) is 4. The summed E-state index contributed by atoms with van der Waals surface area (Å²) in [6, 6.07) is 0. The van der Waals surface area contributed by atoms with Gasteiger partial charge < -0.3 is 4.90 Å². The Balaban J connectivity index is 2.13. The molecule has 0 aromatic carbocycles. The van der Waals surface area contributed by atoms with Gasteiger partial charge in [0.05, 0.1) is 17.3 Å². The zero-order valence-corrected chi connectivity index (χ0v) is 14.3. The van der Waals surface area contributed by atoms with E-state index in [4.69, 9.17) is 11.6 Å². The Bertz CT molecular complexity index is 577. The molecule has 2 rings (SSSR count). The number of halogens is 1. The van der Waals surface area contributed by atoms with E-state index in [0.29, 0.717) is 30.4 Å². The van der Waals surface area contributed by atoms with Gasteiger partial charge in [-0.05, 0) is 12.8 Å². The lowest BCUT2D eigenvalue weighted by Gasteiger charge is -2.34. The van der Waals surface area contributed by atoms with Crippen molar-refractivity contribution in [1.29, 1.82) is 0 Å². The predicted octanol–water partition coefficient (Wildman–Crippen LogP) is 1.42. The van der Waals surface area contributed by atoms with Crippen molar-refractivity contribution in [3.05, 3.63) is 11.4 Å². The number of alkyl halides is 1. The lowest BCUT2D eigenvalue weighted by molar-refractivity contribution is 0.172. The maximum atomic E-state index is 12.8. The zero-order valence-electron chi connectivity index (χ0n) is 12.8. The summed E-state index contributed by atoms with van der Waals surface area (Å²) in [5.74, 6) is 0.679. The largest absolute Gasteiger partial charge is 0.300 e. The fourth-order valence-corrected chi connectivity index (χ4v) is 4.72. The van der Waals surface area contributed by atoms with Crippen LogP contribution in [0, 0.1) is 12.8 Å². The second-order valence-corrected chi connectivity index (χ2v) is 8.00. The smallest absolute Gasteiger partial charge is 0.246 e. The minimum Gasteiger partial charge on any atom is -0.300 e. The van der Waals surface area contributed by atoms with Gasteiger partial charge in [0, 0.05) is 32.7 Å². The molecule has 21 heavy (non-hydrogen) atoms. The number of hydrogen-bond donors (Lipinski definition) is 1. The summed E-state index contributed by atoms with van der Waals surface area (Å²) in [6.45, 7) is 9.63. The highest BCUT2D eigenvalue weighted by molar-refractivity contribution is 7.89. The third-order valence-corrected chi connectivity index (χ3v) is 6.00. The Morgan fingerprint density at radius 3 is 2.43 bits per heavy atom. The van der Waals surface area contributed by atoms with Crippen molar-refractivity contribution in [2.45, 2.75) is 31.5 Å². The van der Waals surface area contributed by atoms with Crippen LogP contribution in [-0.2, 0) is 15.9 Å². The maximum Gasteiger partial charge on any atom is 0.246 e. The van der Waals surface area contributed by atoms with Crippen molar-refractivity contribution < 1.29 is 8.42 Å². The molecule has 0 saturated carbocycles. The van der Waals surface area contributed by atoms with Gasteiger partial charge in [-0.1, -0.05) is 13.8 Å². The number of aryl methyl sites for hydroxylation is 1. The number of sulfonamides is 1.